The molecule has 26 heavy (non-hydrogen) atoms. The van der Waals surface area contributed by atoms with E-state index in [0.717, 1.165) is 16.8 Å². The number of para-hydroxylation sites is 1. The summed E-state index contributed by atoms with van der Waals surface area (Å²) in [5.41, 5.74) is 3.99. The van der Waals surface area contributed by atoms with Crippen LogP contribution in [0.1, 0.15) is 32.0 Å². The molecule has 0 radical (unpaired) electrons. The second kappa shape index (κ2) is 7.61. The van der Waals surface area contributed by atoms with Gasteiger partial charge in [-0.1, -0.05) is 30.3 Å². The number of carbonyl (C=O) groups excluding carboxylic acids is 2. The van der Waals surface area contributed by atoms with Gasteiger partial charge in [-0.05, 0) is 55.3 Å². The molecule has 1 heterocycles. The minimum atomic E-state index is -0.354. The second-order valence-electron chi connectivity index (χ2n) is 6.02. The average Bonchev–Trinajstić information content (AvgIpc) is 2.65. The minimum absolute atomic E-state index is 0.187. The third-order valence-electron chi connectivity index (χ3n) is 3.93. The van der Waals surface area contributed by atoms with E-state index in [4.69, 9.17) is 0 Å². The van der Waals surface area contributed by atoms with Crippen LogP contribution in [0.3, 0.4) is 0 Å². The van der Waals surface area contributed by atoms with Crippen LogP contribution in [0.25, 0.3) is 0 Å². The van der Waals surface area contributed by atoms with Crippen LogP contribution in [0.4, 0.5) is 11.4 Å². The molecule has 5 nitrogen and oxygen atoms in total. The number of aryl methyl sites for hydroxylation is 2. The number of hydrogen-bond donors (Lipinski definition) is 2. The Labute approximate surface area is 152 Å². The van der Waals surface area contributed by atoms with E-state index in [1.54, 1.807) is 18.2 Å². The monoisotopic (exact) mass is 345 g/mol. The standard InChI is InChI=1S/C21H19N3O2/c1-14-8-9-15(2)18(12-14)24-21(26)19-13-16(10-11-22-19)20(25)23-17-6-4-3-5-7-17/h3-13H,1-2H3,(H,23,25)(H,24,26). The Hall–Kier alpha value is -3.47. The summed E-state index contributed by atoms with van der Waals surface area (Å²) < 4.78 is 0. The maximum atomic E-state index is 12.5. The quantitative estimate of drug-likeness (QED) is 0.744. The molecule has 3 rings (SSSR count). The highest BCUT2D eigenvalue weighted by atomic mass is 16.2. The van der Waals surface area contributed by atoms with E-state index in [0.29, 0.717) is 11.3 Å². The van der Waals surface area contributed by atoms with Crippen LogP contribution < -0.4 is 10.6 Å². The van der Waals surface area contributed by atoms with Crippen LogP contribution >= 0.6 is 0 Å². The third kappa shape index (κ3) is 4.13. The van der Waals surface area contributed by atoms with Crippen molar-refractivity contribution >= 4 is 23.2 Å². The number of aromatic nitrogens is 1. The molecule has 0 aliphatic carbocycles. The summed E-state index contributed by atoms with van der Waals surface area (Å²) in [4.78, 5) is 29.0. The van der Waals surface area contributed by atoms with E-state index >= 15 is 0 Å². The summed E-state index contributed by atoms with van der Waals surface area (Å²) in [7, 11) is 0. The van der Waals surface area contributed by atoms with E-state index in [1.807, 2.05) is 50.2 Å². The van der Waals surface area contributed by atoms with Gasteiger partial charge in [0.2, 0.25) is 0 Å². The number of benzene rings is 2. The smallest absolute Gasteiger partial charge is 0.274 e. The van der Waals surface area contributed by atoms with Crippen molar-refractivity contribution in [1.29, 1.82) is 0 Å². The van der Waals surface area contributed by atoms with E-state index in [9.17, 15) is 9.59 Å². The van der Waals surface area contributed by atoms with Crippen molar-refractivity contribution in [2.45, 2.75) is 13.8 Å². The molecule has 0 bridgehead atoms. The molecule has 0 aliphatic heterocycles. The van der Waals surface area contributed by atoms with Gasteiger partial charge in [0, 0.05) is 23.1 Å². The molecule has 2 N–H and O–H groups in total. The molecule has 2 amide bonds. The van der Waals surface area contributed by atoms with Gasteiger partial charge in [-0.25, -0.2) is 0 Å². The minimum Gasteiger partial charge on any atom is -0.322 e. The molecular formula is C21H19N3O2. The highest BCUT2D eigenvalue weighted by molar-refractivity contribution is 6.08. The van der Waals surface area contributed by atoms with Gasteiger partial charge in [0.1, 0.15) is 5.69 Å². The topological polar surface area (TPSA) is 71.1 Å². The first-order valence-electron chi connectivity index (χ1n) is 8.24. The van der Waals surface area contributed by atoms with Gasteiger partial charge in [0.15, 0.2) is 0 Å². The lowest BCUT2D eigenvalue weighted by Crippen LogP contribution is -2.17. The molecule has 2 aromatic carbocycles. The fourth-order valence-corrected chi connectivity index (χ4v) is 2.48. The fourth-order valence-electron chi connectivity index (χ4n) is 2.48. The van der Waals surface area contributed by atoms with E-state index < -0.39 is 0 Å². The van der Waals surface area contributed by atoms with Crippen molar-refractivity contribution in [3.63, 3.8) is 0 Å². The fraction of sp³-hybridized carbons (Fsp3) is 0.0952. The maximum absolute atomic E-state index is 12.5. The first-order valence-corrected chi connectivity index (χ1v) is 8.24. The zero-order valence-corrected chi connectivity index (χ0v) is 14.6. The van der Waals surface area contributed by atoms with Gasteiger partial charge in [-0.15, -0.1) is 0 Å². The SMILES string of the molecule is Cc1ccc(C)c(NC(=O)c2cc(C(=O)Nc3ccccc3)ccn2)c1. The maximum Gasteiger partial charge on any atom is 0.274 e. The van der Waals surface area contributed by atoms with Crippen molar-refractivity contribution in [2.24, 2.45) is 0 Å². The molecule has 0 spiro atoms. The van der Waals surface area contributed by atoms with Gasteiger partial charge >= 0.3 is 0 Å². The molecule has 0 aliphatic rings. The largest absolute Gasteiger partial charge is 0.322 e. The Kier molecular flexibility index (Phi) is 5.08. The van der Waals surface area contributed by atoms with Crippen molar-refractivity contribution < 1.29 is 9.59 Å². The summed E-state index contributed by atoms with van der Waals surface area (Å²) in [6.07, 6.45) is 1.46. The summed E-state index contributed by atoms with van der Waals surface area (Å²) in [6.45, 7) is 3.88. The van der Waals surface area contributed by atoms with Gasteiger partial charge in [0.05, 0.1) is 0 Å². The number of pyridine rings is 1. The van der Waals surface area contributed by atoms with Crippen molar-refractivity contribution in [1.82, 2.24) is 4.98 Å². The van der Waals surface area contributed by atoms with Crippen molar-refractivity contribution in [2.75, 3.05) is 10.6 Å². The van der Waals surface area contributed by atoms with Crippen LogP contribution in [-0.4, -0.2) is 16.8 Å². The zero-order chi connectivity index (χ0) is 18.5. The molecular weight excluding hydrogens is 326 g/mol. The summed E-state index contributed by atoms with van der Waals surface area (Å²) >= 11 is 0. The molecule has 0 atom stereocenters. The number of anilines is 2. The molecule has 0 saturated carbocycles. The first-order chi connectivity index (χ1) is 12.5. The van der Waals surface area contributed by atoms with Crippen LogP contribution in [0.15, 0.2) is 66.9 Å². The van der Waals surface area contributed by atoms with E-state index in [1.165, 1.54) is 12.3 Å². The molecule has 0 fully saturated rings. The Morgan fingerprint density at radius 1 is 0.846 bits per heavy atom. The highest BCUT2D eigenvalue weighted by Gasteiger charge is 2.13. The molecule has 130 valence electrons. The van der Waals surface area contributed by atoms with Crippen LogP contribution in [0.2, 0.25) is 0 Å². The molecule has 1 aromatic heterocycles. The molecule has 3 aromatic rings. The van der Waals surface area contributed by atoms with Gasteiger partial charge in [-0.3, -0.25) is 14.6 Å². The lowest BCUT2D eigenvalue weighted by molar-refractivity contribution is 0.102. The predicted molar refractivity (Wildman–Crippen MR) is 103 cm³/mol. The van der Waals surface area contributed by atoms with E-state index in [-0.39, 0.29) is 17.5 Å². The number of carbonyl (C=O) groups is 2. The number of nitrogens with one attached hydrogen (secondary N) is 2. The third-order valence-corrected chi connectivity index (χ3v) is 3.93. The number of rotatable bonds is 4. The average molecular weight is 345 g/mol. The molecule has 5 heteroatoms. The Morgan fingerprint density at radius 2 is 1.62 bits per heavy atom. The van der Waals surface area contributed by atoms with Crippen molar-refractivity contribution in [3.8, 4) is 0 Å². The number of hydrogen-bond acceptors (Lipinski definition) is 3. The summed E-state index contributed by atoms with van der Waals surface area (Å²) in [5.74, 6) is -0.646. The summed E-state index contributed by atoms with van der Waals surface area (Å²) in [5, 5.41) is 5.64. The summed E-state index contributed by atoms with van der Waals surface area (Å²) in [6, 6.07) is 18.0. The number of nitrogens with zero attached hydrogens (tertiary/aromatic N) is 1. The van der Waals surface area contributed by atoms with Crippen molar-refractivity contribution in [3.05, 3.63) is 89.2 Å². The van der Waals surface area contributed by atoms with Gasteiger partial charge < -0.3 is 10.6 Å². The second-order valence-corrected chi connectivity index (χ2v) is 6.02. The van der Waals surface area contributed by atoms with Gasteiger partial charge in [-0.2, -0.15) is 0 Å². The predicted octanol–water partition coefficient (Wildman–Crippen LogP) is 4.20. The Balaban J connectivity index is 1.77. The normalized spacial score (nSPS) is 10.2. The van der Waals surface area contributed by atoms with E-state index in [2.05, 4.69) is 15.6 Å². The van der Waals surface area contributed by atoms with Crippen LogP contribution in [0.5, 0.6) is 0 Å². The first kappa shape index (κ1) is 17.4. The van der Waals surface area contributed by atoms with Crippen LogP contribution in [-0.2, 0) is 0 Å². The van der Waals surface area contributed by atoms with Crippen LogP contribution in [0, 0.1) is 13.8 Å². The lowest BCUT2D eigenvalue weighted by atomic mass is 10.1. The Bertz CT molecular complexity index is 952. The molecule has 0 unspecified atom stereocenters. The highest BCUT2D eigenvalue weighted by Crippen LogP contribution is 2.17. The molecule has 0 saturated heterocycles. The number of amides is 2. The Morgan fingerprint density at radius 3 is 2.38 bits per heavy atom. The van der Waals surface area contributed by atoms with Gasteiger partial charge in [0.25, 0.3) is 11.8 Å². The zero-order valence-electron chi connectivity index (χ0n) is 14.6. The lowest BCUT2D eigenvalue weighted by Gasteiger charge is -2.10.